The Morgan fingerprint density at radius 1 is 1.11 bits per heavy atom. The van der Waals surface area contributed by atoms with Crippen molar-refractivity contribution in [3.8, 4) is 11.1 Å². The van der Waals surface area contributed by atoms with Gasteiger partial charge in [0.2, 0.25) is 0 Å². The van der Waals surface area contributed by atoms with Crippen molar-refractivity contribution in [3.05, 3.63) is 52.0 Å². The van der Waals surface area contributed by atoms with Gasteiger partial charge in [-0.1, -0.05) is 35.3 Å². The number of nitrogens with one attached hydrogen (secondary N) is 1. The zero-order valence-electron chi connectivity index (χ0n) is 10.2. The van der Waals surface area contributed by atoms with Gasteiger partial charge in [0.1, 0.15) is 0 Å². The minimum Gasteiger partial charge on any atom is -0.209 e. The van der Waals surface area contributed by atoms with Crippen LogP contribution in [0, 0.1) is 5.53 Å². The van der Waals surface area contributed by atoms with Gasteiger partial charge in [0.15, 0.2) is 0 Å². The Balaban J connectivity index is 2.54. The first-order chi connectivity index (χ1) is 9.02. The summed E-state index contributed by atoms with van der Waals surface area (Å²) in [5.74, 6) is 0. The van der Waals surface area contributed by atoms with Gasteiger partial charge in [-0.3, -0.25) is 0 Å². The second-order valence-electron chi connectivity index (χ2n) is 4.21. The SMILES string of the molecule is CC(N=N)c1ccc(S)c(-c2ccc(Cl)c(Cl)c2)c1. The normalized spacial score (nSPS) is 12.2. The summed E-state index contributed by atoms with van der Waals surface area (Å²) in [5.41, 5.74) is 9.97. The minimum absolute atomic E-state index is 0.171. The van der Waals surface area contributed by atoms with E-state index in [1.54, 1.807) is 6.07 Å². The number of halogens is 2. The lowest BCUT2D eigenvalue weighted by atomic mass is 10.0. The molecule has 0 fully saturated rings. The van der Waals surface area contributed by atoms with E-state index >= 15 is 0 Å². The van der Waals surface area contributed by atoms with E-state index in [4.69, 9.17) is 28.7 Å². The highest BCUT2D eigenvalue weighted by atomic mass is 35.5. The molecule has 0 aromatic heterocycles. The summed E-state index contributed by atoms with van der Waals surface area (Å²) in [5, 5.41) is 4.57. The first-order valence-corrected chi connectivity index (χ1v) is 6.88. The highest BCUT2D eigenvalue weighted by Crippen LogP contribution is 2.33. The Labute approximate surface area is 127 Å². The van der Waals surface area contributed by atoms with Crippen LogP contribution in [-0.2, 0) is 0 Å². The van der Waals surface area contributed by atoms with Gasteiger partial charge >= 0.3 is 0 Å². The van der Waals surface area contributed by atoms with E-state index in [-0.39, 0.29) is 6.04 Å². The fraction of sp³-hybridized carbons (Fsp3) is 0.143. The van der Waals surface area contributed by atoms with E-state index < -0.39 is 0 Å². The number of thiol groups is 1. The maximum absolute atomic E-state index is 7.10. The van der Waals surface area contributed by atoms with Crippen LogP contribution in [0.15, 0.2) is 46.4 Å². The second-order valence-corrected chi connectivity index (χ2v) is 5.51. The van der Waals surface area contributed by atoms with Gasteiger partial charge < -0.3 is 0 Å². The first kappa shape index (κ1) is 14.4. The fourth-order valence-electron chi connectivity index (χ4n) is 1.78. The molecule has 2 rings (SSSR count). The van der Waals surface area contributed by atoms with Gasteiger partial charge in [-0.25, -0.2) is 5.53 Å². The summed E-state index contributed by atoms with van der Waals surface area (Å²) in [6, 6.07) is 11.1. The zero-order valence-corrected chi connectivity index (χ0v) is 12.6. The Bertz CT molecular complexity index is 629. The van der Waals surface area contributed by atoms with Crippen molar-refractivity contribution in [2.75, 3.05) is 0 Å². The van der Waals surface area contributed by atoms with Crippen molar-refractivity contribution in [2.24, 2.45) is 5.11 Å². The summed E-state index contributed by atoms with van der Waals surface area (Å²) in [7, 11) is 0. The van der Waals surface area contributed by atoms with Crippen molar-refractivity contribution in [2.45, 2.75) is 17.9 Å². The number of nitrogens with zero attached hydrogens (tertiary/aromatic N) is 1. The number of hydrogen-bond acceptors (Lipinski definition) is 3. The molecule has 1 atom stereocenters. The van der Waals surface area contributed by atoms with Crippen LogP contribution in [0.1, 0.15) is 18.5 Å². The molecule has 5 heteroatoms. The summed E-state index contributed by atoms with van der Waals surface area (Å²) < 4.78 is 0. The summed E-state index contributed by atoms with van der Waals surface area (Å²) >= 11 is 16.4. The first-order valence-electron chi connectivity index (χ1n) is 5.68. The quantitative estimate of drug-likeness (QED) is 0.512. The van der Waals surface area contributed by atoms with Crippen molar-refractivity contribution < 1.29 is 0 Å². The molecule has 0 aliphatic heterocycles. The second kappa shape index (κ2) is 5.95. The molecule has 0 bridgehead atoms. The average molecular weight is 311 g/mol. The van der Waals surface area contributed by atoms with E-state index in [2.05, 4.69) is 17.7 Å². The summed E-state index contributed by atoms with van der Waals surface area (Å²) in [6.07, 6.45) is 0. The van der Waals surface area contributed by atoms with Crippen LogP contribution >= 0.6 is 35.8 Å². The molecular formula is C14H12Cl2N2S. The van der Waals surface area contributed by atoms with E-state index in [1.807, 2.05) is 37.3 Å². The highest BCUT2D eigenvalue weighted by molar-refractivity contribution is 7.80. The molecule has 1 unspecified atom stereocenters. The number of hydrogen-bond donors (Lipinski definition) is 2. The van der Waals surface area contributed by atoms with E-state index in [9.17, 15) is 0 Å². The van der Waals surface area contributed by atoms with Crippen LogP contribution < -0.4 is 0 Å². The van der Waals surface area contributed by atoms with Gasteiger partial charge in [-0.15, -0.1) is 12.6 Å². The van der Waals surface area contributed by atoms with Gasteiger partial charge in [0, 0.05) is 4.90 Å². The minimum atomic E-state index is -0.171. The predicted molar refractivity (Wildman–Crippen MR) is 82.7 cm³/mol. The van der Waals surface area contributed by atoms with Gasteiger partial charge in [0.25, 0.3) is 0 Å². The molecule has 0 heterocycles. The average Bonchev–Trinajstić information content (AvgIpc) is 2.41. The number of benzene rings is 2. The van der Waals surface area contributed by atoms with Crippen LogP contribution in [0.4, 0.5) is 0 Å². The third-order valence-electron chi connectivity index (χ3n) is 2.93. The zero-order chi connectivity index (χ0) is 14.0. The van der Waals surface area contributed by atoms with Crippen molar-refractivity contribution in [1.82, 2.24) is 0 Å². The molecule has 0 saturated carbocycles. The maximum atomic E-state index is 7.10. The summed E-state index contributed by atoms with van der Waals surface area (Å²) in [4.78, 5) is 0.847. The molecule has 0 amide bonds. The largest absolute Gasteiger partial charge is 0.209 e. The molecule has 2 nitrogen and oxygen atoms in total. The molecule has 0 aliphatic carbocycles. The lowest BCUT2D eigenvalue weighted by Crippen LogP contribution is -1.90. The van der Waals surface area contributed by atoms with Gasteiger partial charge in [0.05, 0.1) is 16.1 Å². The van der Waals surface area contributed by atoms with Crippen LogP contribution in [0.2, 0.25) is 10.0 Å². The third kappa shape index (κ3) is 3.11. The fourth-order valence-corrected chi connectivity index (χ4v) is 2.35. The van der Waals surface area contributed by atoms with Gasteiger partial charge in [-0.2, -0.15) is 5.11 Å². The third-order valence-corrected chi connectivity index (χ3v) is 4.06. The van der Waals surface area contributed by atoms with Gasteiger partial charge in [-0.05, 0) is 47.9 Å². The topological polar surface area (TPSA) is 36.2 Å². The van der Waals surface area contributed by atoms with E-state index in [1.165, 1.54) is 0 Å². The molecule has 2 aromatic rings. The molecule has 0 saturated heterocycles. The molecular weight excluding hydrogens is 299 g/mol. The van der Waals surface area contributed by atoms with Crippen molar-refractivity contribution in [1.29, 1.82) is 5.53 Å². The van der Waals surface area contributed by atoms with Crippen molar-refractivity contribution in [3.63, 3.8) is 0 Å². The smallest absolute Gasteiger partial charge is 0.0927 e. The Morgan fingerprint density at radius 2 is 1.84 bits per heavy atom. The Kier molecular flexibility index (Phi) is 4.50. The van der Waals surface area contributed by atoms with Crippen LogP contribution in [0.5, 0.6) is 0 Å². The van der Waals surface area contributed by atoms with E-state index in [0.29, 0.717) is 10.0 Å². The molecule has 19 heavy (non-hydrogen) atoms. The maximum Gasteiger partial charge on any atom is 0.0927 e. The lowest BCUT2D eigenvalue weighted by Gasteiger charge is -2.11. The molecule has 0 radical (unpaired) electrons. The molecule has 0 aliphatic rings. The van der Waals surface area contributed by atoms with Crippen molar-refractivity contribution >= 4 is 35.8 Å². The Morgan fingerprint density at radius 3 is 2.47 bits per heavy atom. The summed E-state index contributed by atoms with van der Waals surface area (Å²) in [6.45, 7) is 1.87. The standard InChI is InChI=1S/C14H12Cl2N2S/c1-8(18-17)9-3-5-14(19)11(6-9)10-2-4-12(15)13(16)7-10/h2-8,17,19H,1H3. The molecule has 2 aromatic carbocycles. The van der Waals surface area contributed by atoms with Crippen LogP contribution in [0.25, 0.3) is 11.1 Å². The van der Waals surface area contributed by atoms with E-state index in [0.717, 1.165) is 21.6 Å². The monoisotopic (exact) mass is 310 g/mol. The van der Waals surface area contributed by atoms with Crippen LogP contribution in [-0.4, -0.2) is 0 Å². The molecule has 1 N–H and O–H groups in total. The Hall–Kier alpha value is -1.03. The predicted octanol–water partition coefficient (Wildman–Crippen LogP) is 6.04. The van der Waals surface area contributed by atoms with Crippen LogP contribution in [0.3, 0.4) is 0 Å². The lowest BCUT2D eigenvalue weighted by molar-refractivity contribution is 0.733. The molecule has 0 spiro atoms. The number of rotatable bonds is 3. The molecule has 98 valence electrons. The highest BCUT2D eigenvalue weighted by Gasteiger charge is 2.09.